The molecule has 0 aliphatic heterocycles. The smallest absolute Gasteiger partial charge is 0.349 e. The number of hydrogen-bond donors (Lipinski definition) is 0. The van der Waals surface area contributed by atoms with Crippen LogP contribution in [0.1, 0.15) is 16.7 Å². The molecule has 0 fully saturated rings. The summed E-state index contributed by atoms with van der Waals surface area (Å²) in [5.41, 5.74) is 2.66. The van der Waals surface area contributed by atoms with Gasteiger partial charge in [-0.25, -0.2) is 4.79 Å². The molecule has 0 spiro atoms. The van der Waals surface area contributed by atoms with Crippen LogP contribution in [0.2, 0.25) is 0 Å². The largest absolute Gasteiger partial charge is 0.482 e. The number of carbonyl (C=O) groups is 1. The molecule has 0 radical (unpaired) electrons. The number of nitriles is 1. The molecular weight excluding hydrogens is 266 g/mol. The van der Waals surface area contributed by atoms with Crippen molar-refractivity contribution in [3.05, 3.63) is 59.2 Å². The molecule has 0 heterocycles. The summed E-state index contributed by atoms with van der Waals surface area (Å²) in [6.07, 6.45) is 0. The predicted octanol–water partition coefficient (Wildman–Crippen LogP) is 3.16. The molecular formula is C17H15NO3. The number of nitrogens with zero attached hydrogens (tertiary/aromatic N) is 1. The monoisotopic (exact) mass is 281 g/mol. The van der Waals surface area contributed by atoms with Gasteiger partial charge in [-0.3, -0.25) is 0 Å². The van der Waals surface area contributed by atoms with E-state index in [0.29, 0.717) is 17.1 Å². The minimum atomic E-state index is -0.487. The summed E-state index contributed by atoms with van der Waals surface area (Å²) in [5.74, 6) is 0.547. The zero-order valence-corrected chi connectivity index (χ0v) is 11.9. The van der Waals surface area contributed by atoms with Crippen LogP contribution >= 0.6 is 0 Å². The number of aryl methyl sites for hydroxylation is 2. The number of hydrogen-bond acceptors (Lipinski definition) is 4. The van der Waals surface area contributed by atoms with Crippen molar-refractivity contribution in [2.24, 2.45) is 0 Å². The van der Waals surface area contributed by atoms with Crippen LogP contribution in [0, 0.1) is 25.2 Å². The SMILES string of the molecule is Cc1cc(C)cc(OCC(=O)Oc2ccc(C#N)cc2)c1. The number of benzene rings is 2. The predicted molar refractivity (Wildman–Crippen MR) is 78.2 cm³/mol. The van der Waals surface area contributed by atoms with E-state index in [1.165, 1.54) is 0 Å². The molecule has 0 unspecified atom stereocenters. The first kappa shape index (κ1) is 14.6. The van der Waals surface area contributed by atoms with Crippen molar-refractivity contribution in [1.29, 1.82) is 5.26 Å². The van der Waals surface area contributed by atoms with E-state index in [9.17, 15) is 4.79 Å². The fourth-order valence-electron chi connectivity index (χ4n) is 1.92. The fraction of sp³-hybridized carbons (Fsp3) is 0.176. The molecule has 0 aromatic heterocycles. The summed E-state index contributed by atoms with van der Waals surface area (Å²) in [4.78, 5) is 11.7. The van der Waals surface area contributed by atoms with Crippen LogP contribution in [0.5, 0.6) is 11.5 Å². The van der Waals surface area contributed by atoms with Gasteiger partial charge in [0.25, 0.3) is 0 Å². The van der Waals surface area contributed by atoms with Crippen LogP contribution in [0.15, 0.2) is 42.5 Å². The average Bonchev–Trinajstić information content (AvgIpc) is 2.45. The first-order valence-electron chi connectivity index (χ1n) is 6.49. The van der Waals surface area contributed by atoms with E-state index in [2.05, 4.69) is 0 Å². The number of carbonyl (C=O) groups excluding carboxylic acids is 1. The molecule has 4 heteroatoms. The minimum Gasteiger partial charge on any atom is -0.482 e. The van der Waals surface area contributed by atoms with Gasteiger partial charge in [0.1, 0.15) is 11.5 Å². The van der Waals surface area contributed by atoms with Crippen molar-refractivity contribution < 1.29 is 14.3 Å². The molecule has 0 N–H and O–H groups in total. The molecule has 2 aromatic carbocycles. The molecule has 0 amide bonds. The lowest BCUT2D eigenvalue weighted by atomic mass is 10.1. The van der Waals surface area contributed by atoms with Crippen LogP contribution in [0.4, 0.5) is 0 Å². The van der Waals surface area contributed by atoms with Crippen molar-refractivity contribution in [3.63, 3.8) is 0 Å². The molecule has 0 aliphatic rings. The van der Waals surface area contributed by atoms with Crippen molar-refractivity contribution in [2.75, 3.05) is 6.61 Å². The Morgan fingerprint density at radius 2 is 1.67 bits per heavy atom. The Morgan fingerprint density at radius 3 is 2.24 bits per heavy atom. The maximum atomic E-state index is 11.7. The maximum absolute atomic E-state index is 11.7. The Morgan fingerprint density at radius 1 is 1.05 bits per heavy atom. The van der Waals surface area contributed by atoms with Gasteiger partial charge < -0.3 is 9.47 Å². The standard InChI is InChI=1S/C17H15NO3/c1-12-7-13(2)9-16(8-12)20-11-17(19)21-15-5-3-14(10-18)4-6-15/h3-9H,11H2,1-2H3. The van der Waals surface area contributed by atoms with Gasteiger partial charge >= 0.3 is 5.97 Å². The zero-order valence-electron chi connectivity index (χ0n) is 11.9. The molecule has 106 valence electrons. The Labute approximate surface area is 123 Å². The summed E-state index contributed by atoms with van der Waals surface area (Å²) in [6, 6.07) is 14.1. The third kappa shape index (κ3) is 4.36. The molecule has 0 bridgehead atoms. The number of rotatable bonds is 4. The van der Waals surface area contributed by atoms with Crippen molar-refractivity contribution in [1.82, 2.24) is 0 Å². The van der Waals surface area contributed by atoms with Crippen LogP contribution in [0.3, 0.4) is 0 Å². The second kappa shape index (κ2) is 6.58. The van der Waals surface area contributed by atoms with Crippen LogP contribution in [-0.4, -0.2) is 12.6 Å². The molecule has 4 nitrogen and oxygen atoms in total. The van der Waals surface area contributed by atoms with Gasteiger partial charge in [0.05, 0.1) is 11.6 Å². The first-order valence-corrected chi connectivity index (χ1v) is 6.49. The van der Waals surface area contributed by atoms with Gasteiger partial charge in [-0.15, -0.1) is 0 Å². The summed E-state index contributed by atoms with van der Waals surface area (Å²) >= 11 is 0. The Kier molecular flexibility index (Phi) is 4.57. The van der Waals surface area contributed by atoms with E-state index in [1.54, 1.807) is 24.3 Å². The quantitative estimate of drug-likeness (QED) is 0.638. The topological polar surface area (TPSA) is 59.3 Å². The molecule has 2 rings (SSSR count). The molecule has 21 heavy (non-hydrogen) atoms. The van der Waals surface area contributed by atoms with E-state index < -0.39 is 5.97 Å². The van der Waals surface area contributed by atoms with Crippen LogP contribution in [-0.2, 0) is 4.79 Å². The van der Waals surface area contributed by atoms with Gasteiger partial charge in [-0.2, -0.15) is 5.26 Å². The third-order valence-corrected chi connectivity index (χ3v) is 2.77. The average molecular weight is 281 g/mol. The van der Waals surface area contributed by atoms with Gasteiger partial charge in [0.2, 0.25) is 0 Å². The van der Waals surface area contributed by atoms with Crippen LogP contribution < -0.4 is 9.47 Å². The Hall–Kier alpha value is -2.80. The zero-order chi connectivity index (χ0) is 15.2. The van der Waals surface area contributed by atoms with Crippen molar-refractivity contribution in [3.8, 4) is 17.6 Å². The first-order chi connectivity index (χ1) is 10.1. The van der Waals surface area contributed by atoms with E-state index in [0.717, 1.165) is 11.1 Å². The number of ether oxygens (including phenoxy) is 2. The van der Waals surface area contributed by atoms with E-state index >= 15 is 0 Å². The molecule has 0 aliphatic carbocycles. The highest BCUT2D eigenvalue weighted by Gasteiger charge is 2.07. The van der Waals surface area contributed by atoms with Crippen molar-refractivity contribution in [2.45, 2.75) is 13.8 Å². The van der Waals surface area contributed by atoms with Gasteiger partial charge in [-0.1, -0.05) is 6.07 Å². The lowest BCUT2D eigenvalue weighted by molar-refractivity contribution is -0.136. The van der Waals surface area contributed by atoms with E-state index in [1.807, 2.05) is 38.1 Å². The molecule has 0 saturated carbocycles. The Bertz CT molecular complexity index is 664. The lowest BCUT2D eigenvalue weighted by Gasteiger charge is -2.08. The lowest BCUT2D eigenvalue weighted by Crippen LogP contribution is -2.17. The van der Waals surface area contributed by atoms with E-state index in [4.69, 9.17) is 14.7 Å². The fourth-order valence-corrected chi connectivity index (χ4v) is 1.92. The second-order valence-corrected chi connectivity index (χ2v) is 4.72. The highest BCUT2D eigenvalue weighted by Crippen LogP contribution is 2.16. The summed E-state index contributed by atoms with van der Waals surface area (Å²) in [6.45, 7) is 3.77. The third-order valence-electron chi connectivity index (χ3n) is 2.77. The highest BCUT2D eigenvalue weighted by atomic mass is 16.6. The van der Waals surface area contributed by atoms with Crippen LogP contribution in [0.25, 0.3) is 0 Å². The molecule has 2 aromatic rings. The van der Waals surface area contributed by atoms with Gasteiger partial charge in [0.15, 0.2) is 6.61 Å². The second-order valence-electron chi connectivity index (χ2n) is 4.72. The summed E-state index contributed by atoms with van der Waals surface area (Å²) < 4.78 is 10.5. The highest BCUT2D eigenvalue weighted by molar-refractivity contribution is 5.74. The van der Waals surface area contributed by atoms with E-state index in [-0.39, 0.29) is 6.61 Å². The maximum Gasteiger partial charge on any atom is 0.349 e. The molecule has 0 atom stereocenters. The van der Waals surface area contributed by atoms with Gasteiger partial charge in [-0.05, 0) is 61.4 Å². The Balaban J connectivity index is 1.91. The van der Waals surface area contributed by atoms with Gasteiger partial charge in [0, 0.05) is 0 Å². The van der Waals surface area contributed by atoms with Crippen molar-refractivity contribution >= 4 is 5.97 Å². The normalized spacial score (nSPS) is 9.76. The molecule has 0 saturated heterocycles. The number of esters is 1. The summed E-state index contributed by atoms with van der Waals surface area (Å²) in [7, 11) is 0. The summed E-state index contributed by atoms with van der Waals surface area (Å²) in [5, 5.41) is 8.69. The minimum absolute atomic E-state index is 0.164.